The van der Waals surface area contributed by atoms with Crippen LogP contribution >= 0.6 is 0 Å². The first-order chi connectivity index (χ1) is 10.2. The minimum atomic E-state index is -1.27. The fourth-order valence-electron chi connectivity index (χ4n) is 2.90. The molecule has 1 aromatic rings. The zero-order valence-corrected chi connectivity index (χ0v) is 12.2. The van der Waals surface area contributed by atoms with E-state index in [1.54, 1.807) is 6.07 Å². The van der Waals surface area contributed by atoms with Crippen LogP contribution in [0.25, 0.3) is 0 Å². The van der Waals surface area contributed by atoms with E-state index in [1.165, 1.54) is 12.7 Å². The van der Waals surface area contributed by atoms with Crippen LogP contribution in [0.15, 0.2) is 18.2 Å². The van der Waals surface area contributed by atoms with Crippen LogP contribution in [0.2, 0.25) is 0 Å². The Balaban J connectivity index is 2.11. The highest BCUT2D eigenvalue weighted by atomic mass is 16.7. The molecule has 1 aliphatic carbocycles. The van der Waals surface area contributed by atoms with Crippen molar-refractivity contribution in [1.82, 2.24) is 0 Å². The van der Waals surface area contributed by atoms with Gasteiger partial charge in [0.05, 0.1) is 0 Å². The smallest absolute Gasteiger partial charge is 0.373 e. The number of aliphatic carboxylic acids is 1. The third-order valence-electron chi connectivity index (χ3n) is 3.96. The zero-order chi connectivity index (χ0) is 15.2. The Kier molecular flexibility index (Phi) is 5.59. The number of carbonyl (C=O) groups is 1. The number of ether oxygens (including phenoxy) is 2. The summed E-state index contributed by atoms with van der Waals surface area (Å²) in [6.45, 7) is 0.237. The summed E-state index contributed by atoms with van der Waals surface area (Å²) in [6.07, 6.45) is 3.45. The van der Waals surface area contributed by atoms with Crippen LogP contribution < -0.4 is 4.74 Å². The molecule has 5 nitrogen and oxygen atoms in total. The Bertz CT molecular complexity index is 486. The third-order valence-corrected chi connectivity index (χ3v) is 3.96. The predicted molar refractivity (Wildman–Crippen MR) is 77.3 cm³/mol. The highest BCUT2D eigenvalue weighted by molar-refractivity contribution is 5.71. The van der Waals surface area contributed by atoms with Crippen molar-refractivity contribution in [2.75, 3.05) is 13.7 Å². The fourth-order valence-corrected chi connectivity index (χ4v) is 2.90. The number of aliphatic hydroxyl groups excluding tert-OH is 1. The number of methoxy groups -OCH3 is 1. The molecule has 0 bridgehead atoms. The summed E-state index contributed by atoms with van der Waals surface area (Å²) >= 11 is 0. The molecule has 0 amide bonds. The van der Waals surface area contributed by atoms with E-state index in [2.05, 4.69) is 6.07 Å². The molecule has 2 rings (SSSR count). The molecule has 0 heterocycles. The summed E-state index contributed by atoms with van der Waals surface area (Å²) < 4.78 is 10.3. The first-order valence-corrected chi connectivity index (χ1v) is 7.29. The first-order valence-electron chi connectivity index (χ1n) is 7.29. The molecule has 5 heteroatoms. The number of hydrogen-bond donors (Lipinski definition) is 2. The summed E-state index contributed by atoms with van der Waals surface area (Å²) in [7, 11) is 1.32. The van der Waals surface area contributed by atoms with E-state index in [1.807, 2.05) is 6.07 Å². The molecule has 2 atom stereocenters. The molecular formula is C16H22O5. The molecule has 0 spiro atoms. The fraction of sp³-hybridized carbons (Fsp3) is 0.562. The Hall–Kier alpha value is -1.59. The Morgan fingerprint density at radius 2 is 2.29 bits per heavy atom. The Morgan fingerprint density at radius 3 is 2.95 bits per heavy atom. The minimum absolute atomic E-state index is 0.237. The maximum absolute atomic E-state index is 11.0. The van der Waals surface area contributed by atoms with Crippen LogP contribution in [0, 0.1) is 5.92 Å². The molecule has 21 heavy (non-hydrogen) atoms. The molecule has 0 saturated heterocycles. The normalized spacial score (nSPS) is 18.9. The lowest BCUT2D eigenvalue weighted by Gasteiger charge is -2.27. The van der Waals surface area contributed by atoms with Gasteiger partial charge in [0.2, 0.25) is 0 Å². The average molecular weight is 294 g/mol. The number of carboxylic acids is 1. The van der Waals surface area contributed by atoms with Gasteiger partial charge >= 0.3 is 5.97 Å². The Morgan fingerprint density at radius 1 is 1.48 bits per heavy atom. The monoisotopic (exact) mass is 294 g/mol. The maximum Gasteiger partial charge on any atom is 0.373 e. The lowest BCUT2D eigenvalue weighted by atomic mass is 9.81. The molecule has 1 aromatic carbocycles. The molecule has 0 aliphatic heterocycles. The van der Waals surface area contributed by atoms with Gasteiger partial charge in [0.15, 0.2) is 0 Å². The van der Waals surface area contributed by atoms with Crippen LogP contribution in [0.5, 0.6) is 5.75 Å². The second-order valence-electron chi connectivity index (χ2n) is 5.39. The van der Waals surface area contributed by atoms with Crippen molar-refractivity contribution in [1.29, 1.82) is 0 Å². The van der Waals surface area contributed by atoms with E-state index in [0.29, 0.717) is 11.7 Å². The van der Waals surface area contributed by atoms with Crippen molar-refractivity contribution >= 4 is 5.97 Å². The summed E-state index contributed by atoms with van der Waals surface area (Å²) in [5, 5.41) is 17.9. The van der Waals surface area contributed by atoms with Gasteiger partial charge in [-0.25, -0.2) is 4.79 Å². The molecular weight excluding hydrogens is 272 g/mol. The molecule has 0 radical (unpaired) electrons. The van der Waals surface area contributed by atoms with Crippen LogP contribution in [-0.2, 0) is 22.4 Å². The Labute approximate surface area is 124 Å². The minimum Gasteiger partial charge on any atom is -0.477 e. The van der Waals surface area contributed by atoms with E-state index >= 15 is 0 Å². The summed E-state index contributed by atoms with van der Waals surface area (Å²) in [5.74, 6) is 0.0479. The molecule has 0 saturated carbocycles. The van der Waals surface area contributed by atoms with E-state index in [4.69, 9.17) is 19.7 Å². The van der Waals surface area contributed by atoms with Crippen LogP contribution in [0.1, 0.15) is 30.4 Å². The highest BCUT2D eigenvalue weighted by Gasteiger charge is 2.24. The number of aliphatic hydroxyl groups is 1. The van der Waals surface area contributed by atoms with Crippen LogP contribution in [0.4, 0.5) is 0 Å². The summed E-state index contributed by atoms with van der Waals surface area (Å²) in [4.78, 5) is 11.0. The number of benzene rings is 1. The molecule has 0 fully saturated rings. The predicted octanol–water partition coefficient (Wildman–Crippen LogP) is 2.00. The van der Waals surface area contributed by atoms with E-state index < -0.39 is 12.3 Å². The van der Waals surface area contributed by atoms with E-state index in [0.717, 1.165) is 37.7 Å². The molecule has 2 unspecified atom stereocenters. The number of carboxylic acid groups (broad SMARTS) is 1. The SMILES string of the molecule is COC(Oc1cccc2c1CCC(CCCO)C2)C(=O)O. The second-order valence-corrected chi connectivity index (χ2v) is 5.39. The van der Waals surface area contributed by atoms with Gasteiger partial charge in [-0.2, -0.15) is 0 Å². The first kappa shape index (κ1) is 15.8. The van der Waals surface area contributed by atoms with Crippen molar-refractivity contribution in [2.24, 2.45) is 5.92 Å². The van der Waals surface area contributed by atoms with Crippen molar-refractivity contribution in [3.63, 3.8) is 0 Å². The lowest BCUT2D eigenvalue weighted by molar-refractivity contribution is -0.166. The highest BCUT2D eigenvalue weighted by Crippen LogP contribution is 2.34. The van der Waals surface area contributed by atoms with Gasteiger partial charge in [0.1, 0.15) is 5.75 Å². The molecule has 0 aromatic heterocycles. The van der Waals surface area contributed by atoms with Gasteiger partial charge in [-0.15, -0.1) is 0 Å². The largest absolute Gasteiger partial charge is 0.477 e. The topological polar surface area (TPSA) is 76.0 Å². The number of fused-ring (bicyclic) bond motifs is 1. The van der Waals surface area contributed by atoms with Crippen LogP contribution in [-0.4, -0.2) is 36.2 Å². The van der Waals surface area contributed by atoms with Crippen molar-refractivity contribution in [3.8, 4) is 5.75 Å². The quantitative estimate of drug-likeness (QED) is 0.752. The second kappa shape index (κ2) is 7.43. The van der Waals surface area contributed by atoms with Crippen molar-refractivity contribution in [3.05, 3.63) is 29.3 Å². The van der Waals surface area contributed by atoms with Gasteiger partial charge in [-0.05, 0) is 55.2 Å². The van der Waals surface area contributed by atoms with Gasteiger partial charge in [0.25, 0.3) is 6.29 Å². The lowest BCUT2D eigenvalue weighted by Crippen LogP contribution is -2.29. The van der Waals surface area contributed by atoms with Crippen molar-refractivity contribution < 1.29 is 24.5 Å². The summed E-state index contributed by atoms with van der Waals surface area (Å²) in [6, 6.07) is 5.74. The van der Waals surface area contributed by atoms with Crippen molar-refractivity contribution in [2.45, 2.75) is 38.4 Å². The van der Waals surface area contributed by atoms with Gasteiger partial charge in [-0.3, -0.25) is 0 Å². The number of rotatable bonds is 7. The number of hydrogen-bond acceptors (Lipinski definition) is 4. The van der Waals surface area contributed by atoms with Gasteiger partial charge < -0.3 is 19.7 Å². The average Bonchev–Trinajstić information content (AvgIpc) is 2.49. The summed E-state index contributed by atoms with van der Waals surface area (Å²) in [5.41, 5.74) is 2.29. The molecule has 116 valence electrons. The van der Waals surface area contributed by atoms with Crippen LogP contribution in [0.3, 0.4) is 0 Å². The standard InChI is InChI=1S/C16H22O5/c1-20-16(15(18)19)21-14-6-2-5-12-10-11(4-3-9-17)7-8-13(12)14/h2,5-6,11,16-17H,3-4,7-10H2,1H3,(H,18,19). The molecule has 2 N–H and O–H groups in total. The maximum atomic E-state index is 11.0. The van der Waals surface area contributed by atoms with E-state index in [9.17, 15) is 4.79 Å². The van der Waals surface area contributed by atoms with E-state index in [-0.39, 0.29) is 6.61 Å². The zero-order valence-electron chi connectivity index (χ0n) is 12.2. The van der Waals surface area contributed by atoms with Gasteiger partial charge in [-0.1, -0.05) is 12.1 Å². The van der Waals surface area contributed by atoms with Gasteiger partial charge in [0, 0.05) is 13.7 Å². The third kappa shape index (κ3) is 3.95. The molecule has 1 aliphatic rings.